The number of carbonyl (C=O) groups excluding carboxylic acids is 1. The summed E-state index contributed by atoms with van der Waals surface area (Å²) >= 11 is 2.57. The van der Waals surface area contributed by atoms with Crippen LogP contribution < -0.4 is 5.32 Å². The number of ether oxygens (including phenoxy) is 1. The Kier molecular flexibility index (Phi) is 6.11. The smallest absolute Gasteiger partial charge is 0.221 e. The molecule has 2 heterocycles. The van der Waals surface area contributed by atoms with Crippen molar-refractivity contribution in [3.8, 4) is 5.75 Å². The number of nitrogens with one attached hydrogen (secondary N) is 1. The molecule has 0 atom stereocenters. The number of amides is 1. The topological polar surface area (TPSA) is 134 Å². The van der Waals surface area contributed by atoms with Crippen molar-refractivity contribution in [1.29, 1.82) is 0 Å². The average Bonchev–Trinajstić information content (AvgIpc) is 3.09. The second-order valence-corrected chi connectivity index (χ2v) is 6.82. The molecule has 2 aromatic heterocycles. The van der Waals surface area contributed by atoms with E-state index in [-0.39, 0.29) is 23.0 Å². The van der Waals surface area contributed by atoms with E-state index in [0.29, 0.717) is 26.9 Å². The summed E-state index contributed by atoms with van der Waals surface area (Å²) in [5.41, 5.74) is 1.25. The molecule has 1 amide bonds. The van der Waals surface area contributed by atoms with Crippen LogP contribution in [0.25, 0.3) is 11.0 Å². The fourth-order valence-electron chi connectivity index (χ4n) is 2.14. The zero-order valence-corrected chi connectivity index (χ0v) is 16.7. The number of anilines is 1. The van der Waals surface area contributed by atoms with Crippen LogP contribution in [-0.4, -0.2) is 45.1 Å². The number of phenolic OH excluding ortho intramolecular Hbond substituents is 1. The lowest BCUT2D eigenvalue weighted by Gasteiger charge is -2.08. The lowest BCUT2D eigenvalue weighted by Crippen LogP contribution is -2.05. The van der Waals surface area contributed by atoms with Crippen LogP contribution in [0.2, 0.25) is 0 Å². The van der Waals surface area contributed by atoms with E-state index in [2.05, 4.69) is 34.9 Å². The molecule has 0 unspecified atom stereocenters. The third-order valence-corrected chi connectivity index (χ3v) is 4.62. The summed E-state index contributed by atoms with van der Waals surface area (Å²) in [6.45, 7) is 1.33. The molecule has 3 rings (SSSR count). The van der Waals surface area contributed by atoms with Gasteiger partial charge in [-0.25, -0.2) is 15.0 Å². The molecule has 0 spiro atoms. The number of methoxy groups -OCH3 is 1. The fourth-order valence-corrected chi connectivity index (χ4v) is 3.11. The molecule has 12 heteroatoms. The van der Waals surface area contributed by atoms with Crippen LogP contribution >= 0.6 is 23.3 Å². The monoisotopic (exact) mass is 417 g/mol. The highest BCUT2D eigenvalue weighted by Crippen LogP contribution is 2.39. The number of phenols is 1. The summed E-state index contributed by atoms with van der Waals surface area (Å²) < 4.78 is 9.04. The maximum Gasteiger partial charge on any atom is 0.221 e. The minimum absolute atomic E-state index is 0.161. The molecule has 0 saturated heterocycles. The van der Waals surface area contributed by atoms with E-state index in [9.17, 15) is 9.90 Å². The Morgan fingerprint density at radius 2 is 2.21 bits per heavy atom. The van der Waals surface area contributed by atoms with Crippen LogP contribution in [0.15, 0.2) is 38.7 Å². The van der Waals surface area contributed by atoms with E-state index < -0.39 is 0 Å². The van der Waals surface area contributed by atoms with Crippen molar-refractivity contribution >= 4 is 68.7 Å². The number of hydrogen-bond acceptors (Lipinski definition) is 11. The first-order valence-electron chi connectivity index (χ1n) is 7.80. The van der Waals surface area contributed by atoms with E-state index >= 15 is 0 Å². The minimum atomic E-state index is -0.346. The SMILES string of the molecule is COC=Nc1cc(/N=N/c2snc3nc(SC)ncc23)cc(NC(C)=O)c1O. The Morgan fingerprint density at radius 3 is 2.93 bits per heavy atom. The largest absolute Gasteiger partial charge is 0.504 e. The molecule has 0 fully saturated rings. The number of aliphatic imine (C=N–C) groups is 1. The average molecular weight is 417 g/mol. The van der Waals surface area contributed by atoms with Crippen molar-refractivity contribution in [2.75, 3.05) is 18.7 Å². The molecule has 10 nitrogen and oxygen atoms in total. The number of fused-ring (bicyclic) bond motifs is 1. The van der Waals surface area contributed by atoms with Gasteiger partial charge in [0.05, 0.1) is 23.9 Å². The van der Waals surface area contributed by atoms with Crippen LogP contribution in [0.4, 0.5) is 22.1 Å². The van der Waals surface area contributed by atoms with Crippen molar-refractivity contribution in [1.82, 2.24) is 14.3 Å². The maximum atomic E-state index is 11.4. The summed E-state index contributed by atoms with van der Waals surface area (Å²) in [4.78, 5) is 23.9. The molecule has 0 aliphatic carbocycles. The van der Waals surface area contributed by atoms with Crippen LogP contribution in [0.1, 0.15) is 6.92 Å². The number of hydrogen-bond donors (Lipinski definition) is 2. The van der Waals surface area contributed by atoms with Gasteiger partial charge in [-0.15, -0.1) is 10.2 Å². The minimum Gasteiger partial charge on any atom is -0.504 e. The van der Waals surface area contributed by atoms with Gasteiger partial charge in [-0.05, 0) is 29.9 Å². The van der Waals surface area contributed by atoms with E-state index in [1.807, 2.05) is 6.26 Å². The predicted octanol–water partition coefficient (Wildman–Crippen LogP) is 4.19. The van der Waals surface area contributed by atoms with E-state index in [0.717, 1.165) is 17.9 Å². The van der Waals surface area contributed by atoms with Gasteiger partial charge in [0.1, 0.15) is 5.69 Å². The van der Waals surface area contributed by atoms with Crippen molar-refractivity contribution in [3.63, 3.8) is 0 Å². The van der Waals surface area contributed by atoms with Gasteiger partial charge < -0.3 is 15.2 Å². The van der Waals surface area contributed by atoms with Crippen molar-refractivity contribution in [2.24, 2.45) is 15.2 Å². The fraction of sp³-hybridized carbons (Fsp3) is 0.188. The van der Waals surface area contributed by atoms with Crippen molar-refractivity contribution in [2.45, 2.75) is 12.1 Å². The molecule has 144 valence electrons. The van der Waals surface area contributed by atoms with Gasteiger partial charge in [-0.1, -0.05) is 11.8 Å². The van der Waals surface area contributed by atoms with Gasteiger partial charge in [0.25, 0.3) is 0 Å². The van der Waals surface area contributed by atoms with Gasteiger partial charge in [0.2, 0.25) is 5.91 Å². The van der Waals surface area contributed by atoms with Gasteiger partial charge in [-0.3, -0.25) is 4.79 Å². The number of carbonyl (C=O) groups is 1. The maximum absolute atomic E-state index is 11.4. The molecule has 0 radical (unpaired) electrons. The molecule has 1 aromatic carbocycles. The van der Waals surface area contributed by atoms with Crippen LogP contribution in [0.5, 0.6) is 5.75 Å². The number of aromatic hydroxyl groups is 1. The number of aromatic nitrogens is 3. The number of benzene rings is 1. The third-order valence-electron chi connectivity index (χ3n) is 3.32. The molecule has 0 aliphatic heterocycles. The predicted molar refractivity (Wildman–Crippen MR) is 109 cm³/mol. The highest BCUT2D eigenvalue weighted by molar-refractivity contribution is 7.98. The van der Waals surface area contributed by atoms with E-state index in [4.69, 9.17) is 4.74 Å². The van der Waals surface area contributed by atoms with Crippen LogP contribution in [0, 0.1) is 0 Å². The second-order valence-electron chi connectivity index (χ2n) is 5.29. The number of rotatable bonds is 6. The second kappa shape index (κ2) is 8.71. The van der Waals surface area contributed by atoms with Crippen LogP contribution in [-0.2, 0) is 9.53 Å². The lowest BCUT2D eigenvalue weighted by atomic mass is 10.2. The molecule has 2 N–H and O–H groups in total. The van der Waals surface area contributed by atoms with Crippen LogP contribution in [0.3, 0.4) is 0 Å². The van der Waals surface area contributed by atoms with Gasteiger partial charge >= 0.3 is 0 Å². The molecule has 28 heavy (non-hydrogen) atoms. The van der Waals surface area contributed by atoms with E-state index in [1.54, 1.807) is 6.20 Å². The zero-order chi connectivity index (χ0) is 20.1. The summed E-state index contributed by atoms with van der Waals surface area (Å²) in [6, 6.07) is 2.99. The first-order valence-corrected chi connectivity index (χ1v) is 9.79. The van der Waals surface area contributed by atoms with Gasteiger partial charge in [-0.2, -0.15) is 4.37 Å². The molecular formula is C16H15N7O3S2. The van der Waals surface area contributed by atoms with Crippen molar-refractivity contribution < 1.29 is 14.6 Å². The standard InChI is InChI=1S/C16H15N7O3S2/c1-8(24)19-12-5-9(4-11(13(12)25)18-7-26-2)21-22-15-10-6-17-16(27-3)20-14(10)23-28-15/h4-7,25H,1-3H3,(H,19,24)/b18-7?,22-21+. The first kappa shape index (κ1) is 19.6. The molecular weight excluding hydrogens is 402 g/mol. The summed E-state index contributed by atoms with van der Waals surface area (Å²) in [5.74, 6) is -0.551. The first-order chi connectivity index (χ1) is 13.5. The third kappa shape index (κ3) is 4.40. The van der Waals surface area contributed by atoms with Gasteiger partial charge in [0, 0.05) is 13.1 Å². The highest BCUT2D eigenvalue weighted by Gasteiger charge is 2.12. The number of nitrogens with zero attached hydrogens (tertiary/aromatic N) is 6. The number of azo groups is 1. The quantitative estimate of drug-likeness (QED) is 0.153. The normalized spacial score (nSPS) is 11.5. The summed E-state index contributed by atoms with van der Waals surface area (Å²) in [5, 5.41) is 23.0. The van der Waals surface area contributed by atoms with Gasteiger partial charge in [0.15, 0.2) is 28.0 Å². The Bertz CT molecular complexity index is 1080. The Balaban J connectivity index is 1.98. The molecule has 0 bridgehead atoms. The summed E-state index contributed by atoms with van der Waals surface area (Å²) in [6.07, 6.45) is 4.69. The molecule has 0 saturated carbocycles. The molecule has 3 aromatic rings. The highest BCUT2D eigenvalue weighted by atomic mass is 32.2. The Labute approximate surface area is 168 Å². The summed E-state index contributed by atoms with van der Waals surface area (Å²) in [7, 11) is 1.43. The zero-order valence-electron chi connectivity index (χ0n) is 15.1. The van der Waals surface area contributed by atoms with E-state index in [1.165, 1.54) is 37.9 Å². The molecule has 0 aliphatic rings. The lowest BCUT2D eigenvalue weighted by molar-refractivity contribution is -0.114. The Morgan fingerprint density at radius 1 is 1.39 bits per heavy atom. The Hall–Kier alpha value is -3.12. The number of thioether (sulfide) groups is 1. The van der Waals surface area contributed by atoms with Crippen molar-refractivity contribution in [3.05, 3.63) is 18.3 Å².